The van der Waals surface area contributed by atoms with E-state index < -0.39 is 0 Å². The van der Waals surface area contributed by atoms with Crippen LogP contribution in [0.3, 0.4) is 0 Å². The van der Waals surface area contributed by atoms with Gasteiger partial charge in [-0.15, -0.1) is 0 Å². The van der Waals surface area contributed by atoms with Crippen molar-refractivity contribution in [3.05, 3.63) is 29.8 Å². The Morgan fingerprint density at radius 2 is 1.54 bits per heavy atom. The number of benzene rings is 1. The van der Waals surface area contributed by atoms with Crippen molar-refractivity contribution in [2.45, 2.75) is 68.4 Å². The molecular formula is C22H39NO. The van der Waals surface area contributed by atoms with Gasteiger partial charge in [0, 0.05) is 13.1 Å². The zero-order valence-electron chi connectivity index (χ0n) is 17.2. The van der Waals surface area contributed by atoms with Crippen molar-refractivity contribution in [2.24, 2.45) is 22.7 Å². The third-order valence-electron chi connectivity index (χ3n) is 4.94. The molecule has 2 heteroatoms. The normalized spacial score (nSPS) is 12.9. The van der Waals surface area contributed by atoms with E-state index in [0.29, 0.717) is 22.7 Å². The summed E-state index contributed by atoms with van der Waals surface area (Å²) in [5.74, 6) is 2.23. The van der Waals surface area contributed by atoms with Crippen molar-refractivity contribution in [3.63, 3.8) is 0 Å². The summed E-state index contributed by atoms with van der Waals surface area (Å²) in [6.07, 6.45) is 1.23. The van der Waals surface area contributed by atoms with Crippen molar-refractivity contribution >= 4 is 0 Å². The summed E-state index contributed by atoms with van der Waals surface area (Å²) >= 11 is 0. The second-order valence-electron chi connectivity index (χ2n) is 9.44. The standard InChI is InChI=1S/C22H39NO/c1-17(2)14-24-20-11-9-19(10-12-20)13-23-16-21(5,6)15-22(7,8)18(3)4/h9-12,17-18,23H,13-16H2,1-8H3. The molecule has 0 aromatic heterocycles. The minimum absolute atomic E-state index is 0.300. The topological polar surface area (TPSA) is 21.3 Å². The Balaban J connectivity index is 2.43. The SMILES string of the molecule is CC(C)COc1ccc(CNCC(C)(C)CC(C)(C)C(C)C)cc1. The molecule has 0 aliphatic heterocycles. The minimum atomic E-state index is 0.300. The van der Waals surface area contributed by atoms with Gasteiger partial charge in [-0.25, -0.2) is 0 Å². The van der Waals surface area contributed by atoms with E-state index in [9.17, 15) is 0 Å². The Kier molecular flexibility index (Phi) is 7.79. The van der Waals surface area contributed by atoms with E-state index >= 15 is 0 Å². The fourth-order valence-corrected chi connectivity index (χ4v) is 3.01. The predicted octanol–water partition coefficient (Wildman–Crippen LogP) is 5.91. The van der Waals surface area contributed by atoms with Crippen molar-refractivity contribution in [3.8, 4) is 5.75 Å². The molecule has 1 aromatic carbocycles. The molecule has 1 rings (SSSR count). The van der Waals surface area contributed by atoms with E-state index in [4.69, 9.17) is 4.74 Å². The molecule has 0 fully saturated rings. The summed E-state index contributed by atoms with van der Waals surface area (Å²) in [5.41, 5.74) is 1.99. The number of ether oxygens (including phenoxy) is 1. The van der Waals surface area contributed by atoms with Crippen molar-refractivity contribution in [1.82, 2.24) is 5.32 Å². The van der Waals surface area contributed by atoms with Gasteiger partial charge in [0.1, 0.15) is 5.75 Å². The second kappa shape index (κ2) is 8.89. The first-order chi connectivity index (χ1) is 11.0. The van der Waals surface area contributed by atoms with Crippen LogP contribution in [0.1, 0.15) is 67.4 Å². The molecule has 138 valence electrons. The van der Waals surface area contributed by atoms with Gasteiger partial charge in [0.05, 0.1) is 6.61 Å². The van der Waals surface area contributed by atoms with Crippen LogP contribution in [0.25, 0.3) is 0 Å². The van der Waals surface area contributed by atoms with Crippen LogP contribution in [0.5, 0.6) is 5.75 Å². The van der Waals surface area contributed by atoms with Gasteiger partial charge in [0.2, 0.25) is 0 Å². The van der Waals surface area contributed by atoms with Crippen LogP contribution in [0.15, 0.2) is 24.3 Å². The summed E-state index contributed by atoms with van der Waals surface area (Å²) in [4.78, 5) is 0. The van der Waals surface area contributed by atoms with E-state index in [2.05, 4.69) is 85.0 Å². The molecule has 0 heterocycles. The van der Waals surface area contributed by atoms with Crippen LogP contribution in [-0.4, -0.2) is 13.2 Å². The van der Waals surface area contributed by atoms with Gasteiger partial charge >= 0.3 is 0 Å². The van der Waals surface area contributed by atoms with Crippen LogP contribution in [0.4, 0.5) is 0 Å². The van der Waals surface area contributed by atoms with Gasteiger partial charge in [-0.1, -0.05) is 67.5 Å². The van der Waals surface area contributed by atoms with Crippen molar-refractivity contribution in [2.75, 3.05) is 13.2 Å². The molecule has 24 heavy (non-hydrogen) atoms. The molecule has 0 saturated carbocycles. The Bertz CT molecular complexity index is 471. The molecule has 0 aliphatic carbocycles. The third-order valence-corrected chi connectivity index (χ3v) is 4.94. The minimum Gasteiger partial charge on any atom is -0.493 e. The zero-order chi connectivity index (χ0) is 18.4. The van der Waals surface area contributed by atoms with E-state index in [1.807, 2.05) is 0 Å². The Morgan fingerprint density at radius 1 is 0.958 bits per heavy atom. The highest BCUT2D eigenvalue weighted by atomic mass is 16.5. The highest BCUT2D eigenvalue weighted by Gasteiger charge is 2.30. The first-order valence-corrected chi connectivity index (χ1v) is 9.44. The summed E-state index contributed by atoms with van der Waals surface area (Å²) in [6, 6.07) is 8.47. The second-order valence-corrected chi connectivity index (χ2v) is 9.44. The van der Waals surface area contributed by atoms with E-state index in [-0.39, 0.29) is 0 Å². The summed E-state index contributed by atoms with van der Waals surface area (Å²) < 4.78 is 5.74. The Hall–Kier alpha value is -1.02. The number of rotatable bonds is 10. The lowest BCUT2D eigenvalue weighted by Crippen LogP contribution is -2.35. The highest BCUT2D eigenvalue weighted by molar-refractivity contribution is 5.27. The number of hydrogen-bond donors (Lipinski definition) is 1. The van der Waals surface area contributed by atoms with Gasteiger partial charge in [-0.05, 0) is 46.8 Å². The maximum absolute atomic E-state index is 5.74. The average Bonchev–Trinajstić information content (AvgIpc) is 2.45. The maximum Gasteiger partial charge on any atom is 0.119 e. The van der Waals surface area contributed by atoms with Crippen LogP contribution in [0, 0.1) is 22.7 Å². The molecule has 0 saturated heterocycles. The lowest BCUT2D eigenvalue weighted by molar-refractivity contribution is 0.137. The quantitative estimate of drug-likeness (QED) is 0.574. The average molecular weight is 334 g/mol. The van der Waals surface area contributed by atoms with Gasteiger partial charge in [0.15, 0.2) is 0 Å². The van der Waals surface area contributed by atoms with E-state index in [1.54, 1.807) is 0 Å². The fourth-order valence-electron chi connectivity index (χ4n) is 3.01. The lowest BCUT2D eigenvalue weighted by Gasteiger charge is -2.38. The Morgan fingerprint density at radius 3 is 2.04 bits per heavy atom. The maximum atomic E-state index is 5.74. The summed E-state index contributed by atoms with van der Waals surface area (Å²) in [7, 11) is 0. The first-order valence-electron chi connectivity index (χ1n) is 9.44. The summed E-state index contributed by atoms with van der Waals surface area (Å²) in [6.45, 7) is 21.2. The van der Waals surface area contributed by atoms with Gasteiger partial charge in [-0.2, -0.15) is 0 Å². The largest absolute Gasteiger partial charge is 0.493 e. The summed E-state index contributed by atoms with van der Waals surface area (Å²) in [5, 5.41) is 3.63. The molecule has 0 atom stereocenters. The molecule has 1 N–H and O–H groups in total. The lowest BCUT2D eigenvalue weighted by atomic mass is 9.69. The van der Waals surface area contributed by atoms with Crippen LogP contribution in [-0.2, 0) is 6.54 Å². The molecule has 0 spiro atoms. The molecule has 0 unspecified atom stereocenters. The predicted molar refractivity (Wildman–Crippen MR) is 105 cm³/mol. The van der Waals surface area contributed by atoms with Gasteiger partial charge < -0.3 is 10.1 Å². The van der Waals surface area contributed by atoms with E-state index in [1.165, 1.54) is 12.0 Å². The van der Waals surface area contributed by atoms with Crippen LogP contribution in [0.2, 0.25) is 0 Å². The smallest absolute Gasteiger partial charge is 0.119 e. The number of hydrogen-bond acceptors (Lipinski definition) is 2. The van der Waals surface area contributed by atoms with Crippen molar-refractivity contribution in [1.29, 1.82) is 0 Å². The monoisotopic (exact) mass is 333 g/mol. The molecule has 2 nitrogen and oxygen atoms in total. The number of nitrogens with one attached hydrogen (secondary N) is 1. The van der Waals surface area contributed by atoms with Crippen LogP contribution >= 0.6 is 0 Å². The first kappa shape index (κ1) is 21.0. The molecule has 0 aliphatic rings. The molecule has 0 amide bonds. The van der Waals surface area contributed by atoms with Crippen LogP contribution < -0.4 is 10.1 Å². The molecule has 1 aromatic rings. The fraction of sp³-hybridized carbons (Fsp3) is 0.727. The molecular weight excluding hydrogens is 294 g/mol. The van der Waals surface area contributed by atoms with E-state index in [0.717, 1.165) is 25.4 Å². The van der Waals surface area contributed by atoms with Gasteiger partial charge in [0.25, 0.3) is 0 Å². The van der Waals surface area contributed by atoms with Crippen molar-refractivity contribution < 1.29 is 4.74 Å². The zero-order valence-corrected chi connectivity index (χ0v) is 17.2. The molecule has 0 radical (unpaired) electrons. The third kappa shape index (κ3) is 7.70. The highest BCUT2D eigenvalue weighted by Crippen LogP contribution is 2.38. The Labute approximate surface area is 150 Å². The van der Waals surface area contributed by atoms with Gasteiger partial charge in [-0.3, -0.25) is 0 Å². The molecule has 0 bridgehead atoms.